The molecule has 2 fully saturated rings. The van der Waals surface area contributed by atoms with E-state index in [1.165, 1.54) is 12.1 Å². The van der Waals surface area contributed by atoms with Crippen LogP contribution in [0.3, 0.4) is 0 Å². The van der Waals surface area contributed by atoms with Gasteiger partial charge in [-0.1, -0.05) is 12.1 Å². The molecule has 2 heterocycles. The molecule has 0 aromatic heterocycles. The zero-order valence-electron chi connectivity index (χ0n) is 10.5. The summed E-state index contributed by atoms with van der Waals surface area (Å²) in [6, 6.07) is 6.07. The number of carbonyl (C=O) groups excluding carboxylic acids is 1. The average Bonchev–Trinajstić information content (AvgIpc) is 2.85. The van der Waals surface area contributed by atoms with Crippen molar-refractivity contribution < 1.29 is 23.1 Å². The first-order valence-electron chi connectivity index (χ1n) is 6.23. The fourth-order valence-electron chi connectivity index (χ4n) is 2.89. The Bertz CT molecular complexity index is 696. The molecule has 2 unspecified atom stereocenters. The minimum absolute atomic E-state index is 0.0159. The summed E-state index contributed by atoms with van der Waals surface area (Å²) < 4.78 is 23.3. The van der Waals surface area contributed by atoms with Crippen molar-refractivity contribution in [2.24, 2.45) is 0 Å². The second-order valence-corrected chi connectivity index (χ2v) is 7.41. The van der Waals surface area contributed by atoms with Gasteiger partial charge >= 0.3 is 5.97 Å². The van der Waals surface area contributed by atoms with Crippen molar-refractivity contribution in [3.63, 3.8) is 0 Å². The summed E-state index contributed by atoms with van der Waals surface area (Å²) in [6.45, 7) is 0.261. The Morgan fingerprint density at radius 1 is 1.40 bits per heavy atom. The Hall–Kier alpha value is -1.89. The first-order chi connectivity index (χ1) is 9.38. The number of carboxylic acid groups (broad SMARTS) is 1. The second kappa shape index (κ2) is 4.31. The van der Waals surface area contributed by atoms with E-state index in [0.29, 0.717) is 12.0 Å². The third-order valence-corrected chi connectivity index (χ3v) is 5.98. The number of hydrogen-bond acceptors (Lipinski definition) is 4. The lowest BCUT2D eigenvalue weighted by atomic mass is 10.1. The van der Waals surface area contributed by atoms with E-state index >= 15 is 0 Å². The van der Waals surface area contributed by atoms with Crippen LogP contribution in [0.2, 0.25) is 0 Å². The fourth-order valence-corrected chi connectivity index (χ4v) is 4.93. The van der Waals surface area contributed by atoms with Crippen molar-refractivity contribution in [3.8, 4) is 0 Å². The molecule has 20 heavy (non-hydrogen) atoms. The Kier molecular flexibility index (Phi) is 2.82. The van der Waals surface area contributed by atoms with E-state index in [9.17, 15) is 18.0 Å². The molecular formula is C13H13NO5S. The number of hydrogen-bond donors (Lipinski definition) is 1. The Morgan fingerprint density at radius 3 is 2.75 bits per heavy atom. The number of carboxylic acids is 1. The van der Waals surface area contributed by atoms with Crippen LogP contribution in [0.25, 0.3) is 0 Å². The smallest absolute Gasteiger partial charge is 0.335 e. The lowest BCUT2D eigenvalue weighted by Gasteiger charge is -2.27. The first kappa shape index (κ1) is 13.1. The number of nitrogens with zero attached hydrogens (tertiary/aromatic N) is 1. The number of aromatic carboxylic acids is 1. The van der Waals surface area contributed by atoms with E-state index < -0.39 is 21.1 Å². The molecule has 6 nitrogen and oxygen atoms in total. The van der Waals surface area contributed by atoms with Crippen molar-refractivity contribution in [2.75, 3.05) is 5.75 Å². The van der Waals surface area contributed by atoms with Crippen molar-refractivity contribution in [2.45, 2.75) is 24.3 Å². The predicted octanol–water partition coefficient (Wildman–Crippen LogP) is 0.283. The van der Waals surface area contributed by atoms with Crippen LogP contribution in [0.15, 0.2) is 24.3 Å². The lowest BCUT2D eigenvalue weighted by Crippen LogP contribution is -2.44. The zero-order valence-corrected chi connectivity index (χ0v) is 11.3. The van der Waals surface area contributed by atoms with Gasteiger partial charge in [-0.25, -0.2) is 13.2 Å². The van der Waals surface area contributed by atoms with Gasteiger partial charge in [-0.05, 0) is 24.1 Å². The maximum atomic E-state index is 12.0. The molecule has 0 spiro atoms. The molecule has 1 aromatic rings. The van der Waals surface area contributed by atoms with Gasteiger partial charge in [0.2, 0.25) is 5.91 Å². The van der Waals surface area contributed by atoms with Crippen LogP contribution >= 0.6 is 0 Å². The standard InChI is InChI=1S/C13H13NO5S/c15-12-11-5-10(7-20(11,18)19)14(12)6-8-2-1-3-9(4-8)13(16)17/h1-4,10-11H,5-7H2,(H,16,17). The largest absolute Gasteiger partial charge is 0.478 e. The molecule has 3 rings (SSSR count). The van der Waals surface area contributed by atoms with Crippen LogP contribution in [0.5, 0.6) is 0 Å². The highest BCUT2D eigenvalue weighted by molar-refractivity contribution is 7.93. The lowest BCUT2D eigenvalue weighted by molar-refractivity contribution is -0.129. The summed E-state index contributed by atoms with van der Waals surface area (Å²) in [4.78, 5) is 24.5. The first-order valence-corrected chi connectivity index (χ1v) is 7.94. The summed E-state index contributed by atoms with van der Waals surface area (Å²) in [7, 11) is -3.27. The van der Waals surface area contributed by atoms with E-state index in [0.717, 1.165) is 0 Å². The van der Waals surface area contributed by atoms with E-state index in [4.69, 9.17) is 5.11 Å². The van der Waals surface area contributed by atoms with Crippen molar-refractivity contribution in [1.29, 1.82) is 0 Å². The molecule has 2 saturated heterocycles. The Balaban J connectivity index is 1.82. The number of rotatable bonds is 3. The molecule has 2 atom stereocenters. The van der Waals surface area contributed by atoms with Crippen LogP contribution in [0.1, 0.15) is 22.3 Å². The minimum Gasteiger partial charge on any atom is -0.478 e. The molecule has 0 radical (unpaired) electrons. The third kappa shape index (κ3) is 1.98. The van der Waals surface area contributed by atoms with Gasteiger partial charge in [0.15, 0.2) is 9.84 Å². The number of sulfone groups is 1. The van der Waals surface area contributed by atoms with Crippen molar-refractivity contribution in [3.05, 3.63) is 35.4 Å². The second-order valence-electron chi connectivity index (χ2n) is 5.18. The van der Waals surface area contributed by atoms with Crippen LogP contribution < -0.4 is 0 Å². The number of amides is 1. The quantitative estimate of drug-likeness (QED) is 0.865. The molecule has 2 aliphatic heterocycles. The molecule has 1 amide bonds. The molecule has 0 aliphatic carbocycles. The van der Waals surface area contributed by atoms with Gasteiger partial charge in [0.05, 0.1) is 11.3 Å². The third-order valence-electron chi connectivity index (χ3n) is 3.87. The van der Waals surface area contributed by atoms with E-state index in [2.05, 4.69) is 0 Å². The SMILES string of the molecule is O=C(O)c1cccc(CN2C(=O)C3CC2CS3(=O)=O)c1. The summed E-state index contributed by atoms with van der Waals surface area (Å²) >= 11 is 0. The van der Waals surface area contributed by atoms with Crippen LogP contribution in [-0.4, -0.2) is 47.3 Å². The van der Waals surface area contributed by atoms with E-state index in [-0.39, 0.29) is 29.8 Å². The van der Waals surface area contributed by atoms with E-state index in [1.54, 1.807) is 17.0 Å². The summed E-state index contributed by atoms with van der Waals surface area (Å²) in [5, 5.41) is 8.04. The summed E-state index contributed by atoms with van der Waals surface area (Å²) in [6.07, 6.45) is 0.361. The van der Waals surface area contributed by atoms with Gasteiger partial charge in [-0.15, -0.1) is 0 Å². The highest BCUT2D eigenvalue weighted by atomic mass is 32.2. The normalized spacial score (nSPS) is 27.0. The fraction of sp³-hybridized carbons (Fsp3) is 0.385. The Morgan fingerprint density at radius 2 is 2.15 bits per heavy atom. The molecule has 1 N–H and O–H groups in total. The molecular weight excluding hydrogens is 282 g/mol. The van der Waals surface area contributed by atoms with Crippen molar-refractivity contribution in [1.82, 2.24) is 4.90 Å². The van der Waals surface area contributed by atoms with Crippen LogP contribution in [-0.2, 0) is 21.2 Å². The van der Waals surface area contributed by atoms with Gasteiger partial charge in [-0.3, -0.25) is 4.79 Å². The Labute approximate surface area is 115 Å². The molecule has 1 aromatic carbocycles. The molecule has 2 aliphatic rings. The zero-order chi connectivity index (χ0) is 14.5. The van der Waals surface area contributed by atoms with Gasteiger partial charge in [0.1, 0.15) is 5.25 Å². The number of benzene rings is 1. The highest BCUT2D eigenvalue weighted by Crippen LogP contribution is 2.35. The average molecular weight is 295 g/mol. The molecule has 106 valence electrons. The summed E-state index contributed by atoms with van der Waals surface area (Å²) in [5.74, 6) is -1.37. The maximum absolute atomic E-state index is 12.0. The monoisotopic (exact) mass is 295 g/mol. The summed E-state index contributed by atoms with van der Waals surface area (Å²) in [5.41, 5.74) is 0.857. The van der Waals surface area contributed by atoms with Gasteiger partial charge in [0, 0.05) is 12.6 Å². The van der Waals surface area contributed by atoms with Crippen LogP contribution in [0.4, 0.5) is 0 Å². The van der Waals surface area contributed by atoms with Gasteiger partial charge < -0.3 is 10.0 Å². The minimum atomic E-state index is -3.27. The van der Waals surface area contributed by atoms with Crippen molar-refractivity contribution >= 4 is 21.7 Å². The predicted molar refractivity (Wildman–Crippen MR) is 69.9 cm³/mol. The van der Waals surface area contributed by atoms with E-state index in [1.807, 2.05) is 0 Å². The molecule has 0 saturated carbocycles. The highest BCUT2D eigenvalue weighted by Gasteiger charge is 2.54. The van der Waals surface area contributed by atoms with Crippen LogP contribution in [0, 0.1) is 0 Å². The molecule has 7 heteroatoms. The number of carbonyl (C=O) groups is 2. The number of fused-ring (bicyclic) bond motifs is 2. The van der Waals surface area contributed by atoms with Gasteiger partial charge in [-0.2, -0.15) is 0 Å². The maximum Gasteiger partial charge on any atom is 0.335 e. The number of likely N-dealkylation sites (tertiary alicyclic amines) is 1. The van der Waals surface area contributed by atoms with Gasteiger partial charge in [0.25, 0.3) is 0 Å². The molecule has 2 bridgehead atoms. The topological polar surface area (TPSA) is 91.8 Å².